The van der Waals surface area contributed by atoms with E-state index >= 15 is 0 Å². The summed E-state index contributed by atoms with van der Waals surface area (Å²) in [5, 5.41) is 0.769. The summed E-state index contributed by atoms with van der Waals surface area (Å²) in [7, 11) is 0. The predicted octanol–water partition coefficient (Wildman–Crippen LogP) is 3.87. The molecule has 23 heavy (non-hydrogen) atoms. The number of nitrogens with zero attached hydrogens (tertiary/aromatic N) is 1. The Morgan fingerprint density at radius 3 is 2.87 bits per heavy atom. The van der Waals surface area contributed by atoms with Crippen molar-refractivity contribution in [1.29, 1.82) is 0 Å². The molecule has 2 unspecified atom stereocenters. The van der Waals surface area contributed by atoms with Crippen LogP contribution in [0.3, 0.4) is 0 Å². The number of halogens is 1. The van der Waals surface area contributed by atoms with Crippen LogP contribution >= 0.6 is 11.6 Å². The Kier molecular flexibility index (Phi) is 3.93. The van der Waals surface area contributed by atoms with Gasteiger partial charge in [-0.15, -0.1) is 0 Å². The predicted molar refractivity (Wildman–Crippen MR) is 89.7 cm³/mol. The van der Waals surface area contributed by atoms with E-state index in [1.165, 1.54) is 11.1 Å². The molecule has 0 N–H and O–H groups in total. The van der Waals surface area contributed by atoms with Gasteiger partial charge in [0.05, 0.1) is 6.61 Å². The second-order valence-corrected chi connectivity index (χ2v) is 6.60. The molecule has 2 aliphatic rings. The highest BCUT2D eigenvalue weighted by Gasteiger charge is 2.39. The van der Waals surface area contributed by atoms with Crippen LogP contribution in [0.1, 0.15) is 34.1 Å². The molecule has 2 atom stereocenters. The highest BCUT2D eigenvalue weighted by atomic mass is 35.5. The fourth-order valence-electron chi connectivity index (χ4n) is 3.57. The lowest BCUT2D eigenvalue weighted by atomic mass is 9.96. The third-order valence-corrected chi connectivity index (χ3v) is 4.98. The monoisotopic (exact) mass is 327 g/mol. The maximum Gasteiger partial charge on any atom is 0.164 e. The van der Waals surface area contributed by atoms with E-state index in [0.29, 0.717) is 13.0 Å². The zero-order chi connectivity index (χ0) is 15.8. The molecule has 4 rings (SSSR count). The molecule has 0 amide bonds. The van der Waals surface area contributed by atoms with Crippen molar-refractivity contribution in [2.45, 2.75) is 25.1 Å². The second kappa shape index (κ2) is 6.08. The highest BCUT2D eigenvalue weighted by Crippen LogP contribution is 2.38. The van der Waals surface area contributed by atoms with Crippen molar-refractivity contribution in [3.05, 3.63) is 70.2 Å². The Morgan fingerprint density at radius 2 is 2.04 bits per heavy atom. The lowest BCUT2D eigenvalue weighted by Gasteiger charge is -2.33. The van der Waals surface area contributed by atoms with Crippen molar-refractivity contribution in [2.24, 2.45) is 0 Å². The van der Waals surface area contributed by atoms with Gasteiger partial charge in [-0.1, -0.05) is 48.0 Å². The number of benzene rings is 2. The van der Waals surface area contributed by atoms with Crippen molar-refractivity contribution in [3.63, 3.8) is 0 Å². The molecule has 2 aliphatic heterocycles. The molecular formula is C19H18ClNO2. The Balaban J connectivity index is 1.52. The number of hydrogen-bond acceptors (Lipinski definition) is 3. The summed E-state index contributed by atoms with van der Waals surface area (Å²) in [6.07, 6.45) is 1.42. The van der Waals surface area contributed by atoms with Crippen molar-refractivity contribution < 1.29 is 9.53 Å². The van der Waals surface area contributed by atoms with Crippen LogP contribution in [-0.4, -0.2) is 29.9 Å². The van der Waals surface area contributed by atoms with Crippen molar-refractivity contribution in [2.75, 3.05) is 13.2 Å². The van der Waals surface area contributed by atoms with Crippen LogP contribution in [0.15, 0.2) is 48.5 Å². The fourth-order valence-corrected chi connectivity index (χ4v) is 3.76. The first-order chi connectivity index (χ1) is 11.2. The molecule has 0 aliphatic carbocycles. The number of hydrogen-bond donors (Lipinski definition) is 0. The summed E-state index contributed by atoms with van der Waals surface area (Å²) in [5.74, 6) is 0.182. The quantitative estimate of drug-likeness (QED) is 0.801. The zero-order valence-corrected chi connectivity index (χ0v) is 13.5. The van der Waals surface area contributed by atoms with Crippen LogP contribution in [0.2, 0.25) is 5.02 Å². The summed E-state index contributed by atoms with van der Waals surface area (Å²) < 4.78 is 6.00. The molecule has 2 heterocycles. The second-order valence-electron chi connectivity index (χ2n) is 6.16. The maximum absolute atomic E-state index is 12.5. The standard InChI is InChI=1S/C19H18ClNO2/c20-15-6-7-17-14(10-15)8-9-21-16(12-23-19(17)21)11-18(22)13-4-2-1-3-5-13/h1-7,10,16,19H,8-9,11-12H2. The Morgan fingerprint density at radius 1 is 1.22 bits per heavy atom. The van der Waals surface area contributed by atoms with Gasteiger partial charge in [-0.25, -0.2) is 0 Å². The third kappa shape index (κ3) is 2.80. The minimum Gasteiger partial charge on any atom is -0.357 e. The molecule has 0 bridgehead atoms. The Bertz CT molecular complexity index is 731. The van der Waals surface area contributed by atoms with Crippen LogP contribution in [-0.2, 0) is 11.2 Å². The molecule has 1 saturated heterocycles. The van der Waals surface area contributed by atoms with Crippen molar-refractivity contribution >= 4 is 17.4 Å². The van der Waals surface area contributed by atoms with Gasteiger partial charge < -0.3 is 4.74 Å². The van der Waals surface area contributed by atoms with Gasteiger partial charge in [-0.05, 0) is 29.7 Å². The van der Waals surface area contributed by atoms with E-state index in [9.17, 15) is 4.79 Å². The summed E-state index contributed by atoms with van der Waals surface area (Å²) in [6, 6.07) is 15.6. The third-order valence-electron chi connectivity index (χ3n) is 4.74. The molecule has 0 spiro atoms. The van der Waals surface area contributed by atoms with Gasteiger partial charge in [0.2, 0.25) is 0 Å². The summed E-state index contributed by atoms with van der Waals surface area (Å²) in [5.41, 5.74) is 3.23. The molecule has 2 aromatic rings. The van der Waals surface area contributed by atoms with Gasteiger partial charge in [0.15, 0.2) is 5.78 Å². The molecule has 0 aromatic heterocycles. The first-order valence-electron chi connectivity index (χ1n) is 7.96. The van der Waals surface area contributed by atoms with Crippen LogP contribution in [0.5, 0.6) is 0 Å². The summed E-state index contributed by atoms with van der Waals surface area (Å²) >= 11 is 6.09. The molecular weight excluding hydrogens is 310 g/mol. The Labute approximate surface area is 140 Å². The molecule has 1 fully saturated rings. The minimum absolute atomic E-state index is 0.0374. The zero-order valence-electron chi connectivity index (χ0n) is 12.7. The topological polar surface area (TPSA) is 29.5 Å². The van der Waals surface area contributed by atoms with Gasteiger partial charge in [-0.2, -0.15) is 0 Å². The van der Waals surface area contributed by atoms with E-state index in [1.54, 1.807) is 0 Å². The maximum atomic E-state index is 12.5. The number of fused-ring (bicyclic) bond motifs is 3. The normalized spacial score (nSPS) is 23.3. The van der Waals surface area contributed by atoms with Gasteiger partial charge in [0.1, 0.15) is 6.23 Å². The number of Topliss-reactive ketones (excluding diaryl/α,β-unsaturated/α-hetero) is 1. The van der Waals surface area contributed by atoms with Crippen LogP contribution in [0, 0.1) is 0 Å². The number of ether oxygens (including phenoxy) is 1. The first kappa shape index (κ1) is 14.9. The van der Waals surface area contributed by atoms with E-state index in [2.05, 4.69) is 11.0 Å². The van der Waals surface area contributed by atoms with Crippen LogP contribution in [0.25, 0.3) is 0 Å². The van der Waals surface area contributed by atoms with Crippen LogP contribution < -0.4 is 0 Å². The average Bonchev–Trinajstić information content (AvgIpc) is 2.98. The highest BCUT2D eigenvalue weighted by molar-refractivity contribution is 6.30. The SMILES string of the molecule is O=C(CC1COC2c3ccc(Cl)cc3CCN12)c1ccccc1. The van der Waals surface area contributed by atoms with Gasteiger partial charge in [0.25, 0.3) is 0 Å². The lowest BCUT2D eigenvalue weighted by Crippen LogP contribution is -2.39. The molecule has 0 radical (unpaired) electrons. The lowest BCUT2D eigenvalue weighted by molar-refractivity contribution is 0.0216. The minimum atomic E-state index is -0.0374. The number of ketones is 1. The molecule has 0 saturated carbocycles. The number of carbonyl (C=O) groups excluding carboxylic acids is 1. The average molecular weight is 328 g/mol. The van der Waals surface area contributed by atoms with E-state index in [1.807, 2.05) is 42.5 Å². The van der Waals surface area contributed by atoms with Crippen LogP contribution in [0.4, 0.5) is 0 Å². The van der Waals surface area contributed by atoms with Crippen molar-refractivity contribution in [1.82, 2.24) is 4.90 Å². The van der Waals surface area contributed by atoms with E-state index in [-0.39, 0.29) is 18.1 Å². The van der Waals surface area contributed by atoms with E-state index in [0.717, 1.165) is 23.6 Å². The summed E-state index contributed by atoms with van der Waals surface area (Å²) in [6.45, 7) is 1.51. The number of rotatable bonds is 3. The van der Waals surface area contributed by atoms with E-state index in [4.69, 9.17) is 16.3 Å². The first-order valence-corrected chi connectivity index (χ1v) is 8.34. The largest absolute Gasteiger partial charge is 0.357 e. The molecule has 118 valence electrons. The molecule has 4 heteroatoms. The van der Waals surface area contributed by atoms with Gasteiger partial charge in [0, 0.05) is 29.6 Å². The van der Waals surface area contributed by atoms with Crippen molar-refractivity contribution in [3.8, 4) is 0 Å². The molecule has 3 nitrogen and oxygen atoms in total. The fraction of sp³-hybridized carbons (Fsp3) is 0.316. The Hall–Kier alpha value is -1.68. The summed E-state index contributed by atoms with van der Waals surface area (Å²) in [4.78, 5) is 14.8. The van der Waals surface area contributed by atoms with Gasteiger partial charge >= 0.3 is 0 Å². The van der Waals surface area contributed by atoms with E-state index < -0.39 is 0 Å². The molecule has 2 aromatic carbocycles. The van der Waals surface area contributed by atoms with Gasteiger partial charge in [-0.3, -0.25) is 9.69 Å². The number of carbonyl (C=O) groups is 1. The smallest absolute Gasteiger partial charge is 0.164 e.